The van der Waals surface area contributed by atoms with Gasteiger partial charge < -0.3 is 4.90 Å². The summed E-state index contributed by atoms with van der Waals surface area (Å²) in [5.74, 6) is -0.572. The Kier molecular flexibility index (Phi) is 9.03. The number of anilines is 1. The number of fused-ring (bicyclic) bond motifs is 2. The van der Waals surface area contributed by atoms with Gasteiger partial charge in [-0.15, -0.1) is 0 Å². The van der Waals surface area contributed by atoms with Gasteiger partial charge in [-0.25, -0.2) is 0 Å². The first-order chi connectivity index (χ1) is 19.8. The number of hydrogen-bond donors (Lipinski definition) is 2. The van der Waals surface area contributed by atoms with Gasteiger partial charge >= 0.3 is 0 Å². The smallest absolute Gasteiger partial charge is 0.265 e. The van der Waals surface area contributed by atoms with E-state index >= 15 is 0 Å². The molecular formula is C30H35N2O6S4+. The molecule has 0 unspecified atom stereocenters. The summed E-state index contributed by atoms with van der Waals surface area (Å²) in [5.41, 5.74) is 4.42. The van der Waals surface area contributed by atoms with Gasteiger partial charge in [0.2, 0.25) is 5.52 Å². The predicted octanol–water partition coefficient (Wildman–Crippen LogP) is 6.33. The predicted molar refractivity (Wildman–Crippen MR) is 171 cm³/mol. The van der Waals surface area contributed by atoms with Crippen LogP contribution in [0.25, 0.3) is 16.3 Å². The third kappa shape index (κ3) is 7.91. The Bertz CT molecular complexity index is 1800. The third-order valence-electron chi connectivity index (χ3n) is 7.20. The standard InChI is InChI=1S/C30H34N2O6S4/c1-30(2)20-22(18-28-31(13-7-15-41(33,34)35)24-9-3-5-11-26(24)39-28)17-23(21-30)19-29-32(14-8-16-42(36,37)38)25-10-4-6-12-27(25)40-29/h3-6,9-12,17-19H,7-8,13-16,20-21H2,1-2H3,(H-,33,34,35,36,37,38)/p+1. The molecule has 0 saturated carbocycles. The second-order valence-electron chi connectivity index (χ2n) is 11.5. The van der Waals surface area contributed by atoms with Crippen LogP contribution >= 0.6 is 23.1 Å². The molecule has 0 fully saturated rings. The molecule has 0 atom stereocenters. The van der Waals surface area contributed by atoms with Crippen molar-refractivity contribution >= 4 is 65.3 Å². The van der Waals surface area contributed by atoms with Crippen molar-refractivity contribution in [3.8, 4) is 0 Å². The summed E-state index contributed by atoms with van der Waals surface area (Å²) in [7, 11) is -8.06. The minimum absolute atomic E-state index is 0.00533. The van der Waals surface area contributed by atoms with Crippen LogP contribution in [0.5, 0.6) is 0 Å². The van der Waals surface area contributed by atoms with Gasteiger partial charge in [0.15, 0.2) is 6.54 Å². The topological polar surface area (TPSA) is 116 Å². The number of hydrogen-bond acceptors (Lipinski definition) is 7. The number of nitrogens with zero attached hydrogens (tertiary/aromatic N) is 2. The van der Waals surface area contributed by atoms with Gasteiger partial charge in [0.05, 0.1) is 22.2 Å². The monoisotopic (exact) mass is 647 g/mol. The maximum atomic E-state index is 11.4. The van der Waals surface area contributed by atoms with Crippen LogP contribution in [-0.4, -0.2) is 44.0 Å². The van der Waals surface area contributed by atoms with Crippen LogP contribution in [0.15, 0.2) is 81.8 Å². The number of thiazole rings is 1. The largest absolute Gasteiger partial charge is 0.335 e. The Morgan fingerprint density at radius 1 is 0.929 bits per heavy atom. The summed E-state index contributed by atoms with van der Waals surface area (Å²) >= 11 is 3.32. The minimum atomic E-state index is -4.03. The molecule has 2 N–H and O–H groups in total. The molecule has 224 valence electrons. The average Bonchev–Trinajstić information content (AvgIpc) is 3.39. The van der Waals surface area contributed by atoms with Crippen LogP contribution in [0.3, 0.4) is 0 Å². The molecule has 0 bridgehead atoms. The third-order valence-corrected chi connectivity index (χ3v) is 11.0. The van der Waals surface area contributed by atoms with Crippen LogP contribution in [0.1, 0.15) is 44.5 Å². The molecule has 2 heterocycles. The highest BCUT2D eigenvalue weighted by atomic mass is 32.2. The highest BCUT2D eigenvalue weighted by molar-refractivity contribution is 8.03. The second kappa shape index (κ2) is 12.3. The SMILES string of the molecule is CC1(C)CC(C=C2Sc3ccccc3N2CCCS(=O)(=O)O)=CC(=Cc2sc3ccccc3[n+]2CCCS(=O)(=O)O)C1. The first kappa shape index (κ1) is 31.0. The summed E-state index contributed by atoms with van der Waals surface area (Å²) < 4.78 is 67.2. The van der Waals surface area contributed by atoms with E-state index in [1.54, 1.807) is 23.1 Å². The number of allylic oxidation sites excluding steroid dienone is 4. The average molecular weight is 648 g/mol. The summed E-state index contributed by atoms with van der Waals surface area (Å²) in [6.07, 6.45) is 8.99. The normalized spacial score (nSPS) is 19.0. The van der Waals surface area contributed by atoms with Gasteiger partial charge in [0, 0.05) is 30.0 Å². The summed E-state index contributed by atoms with van der Waals surface area (Å²) in [5, 5.41) is 2.05. The van der Waals surface area contributed by atoms with Crippen molar-refractivity contribution in [2.45, 2.75) is 51.0 Å². The first-order valence-electron chi connectivity index (χ1n) is 13.8. The van der Waals surface area contributed by atoms with Crippen LogP contribution in [-0.2, 0) is 26.8 Å². The van der Waals surface area contributed by atoms with Gasteiger partial charge in [0.25, 0.3) is 25.2 Å². The number of para-hydroxylation sites is 2. The number of benzene rings is 2. The zero-order chi connectivity index (χ0) is 30.1. The second-order valence-corrected chi connectivity index (χ2v) is 16.8. The Labute approximate surface area is 256 Å². The molecule has 5 rings (SSSR count). The van der Waals surface area contributed by atoms with E-state index < -0.39 is 20.2 Å². The lowest BCUT2D eigenvalue weighted by Gasteiger charge is -2.31. The van der Waals surface area contributed by atoms with Crippen molar-refractivity contribution in [2.24, 2.45) is 5.41 Å². The van der Waals surface area contributed by atoms with E-state index in [0.29, 0.717) is 25.9 Å². The quantitative estimate of drug-likeness (QED) is 0.194. The lowest BCUT2D eigenvalue weighted by atomic mass is 9.75. The molecule has 0 amide bonds. The fourth-order valence-electron chi connectivity index (χ4n) is 5.60. The van der Waals surface area contributed by atoms with Gasteiger partial charge in [-0.05, 0) is 60.1 Å². The molecule has 0 spiro atoms. The molecule has 3 aromatic rings. The fourth-order valence-corrected chi connectivity index (χ4v) is 8.92. The van der Waals surface area contributed by atoms with Crippen LogP contribution in [0, 0.1) is 5.41 Å². The zero-order valence-corrected chi connectivity index (χ0v) is 26.8. The van der Waals surface area contributed by atoms with E-state index in [0.717, 1.165) is 43.7 Å². The van der Waals surface area contributed by atoms with Crippen molar-refractivity contribution in [3.63, 3.8) is 0 Å². The number of thioether (sulfide) groups is 1. The van der Waals surface area contributed by atoms with Gasteiger partial charge in [-0.1, -0.05) is 67.3 Å². The fraction of sp³-hybridized carbons (Fsp3) is 0.367. The van der Waals surface area contributed by atoms with E-state index in [9.17, 15) is 25.9 Å². The summed E-state index contributed by atoms with van der Waals surface area (Å²) in [6.45, 7) is 5.44. The van der Waals surface area contributed by atoms with Gasteiger partial charge in [0.1, 0.15) is 4.70 Å². The molecule has 2 aromatic carbocycles. The molecule has 1 aliphatic carbocycles. The highest BCUT2D eigenvalue weighted by Crippen LogP contribution is 2.48. The minimum Gasteiger partial charge on any atom is -0.335 e. The van der Waals surface area contributed by atoms with Gasteiger partial charge in [-0.2, -0.15) is 21.4 Å². The number of aryl methyl sites for hydroxylation is 1. The van der Waals surface area contributed by atoms with E-state index in [-0.39, 0.29) is 16.9 Å². The molecule has 2 aliphatic rings. The van der Waals surface area contributed by atoms with Crippen LogP contribution in [0.2, 0.25) is 0 Å². The summed E-state index contributed by atoms with van der Waals surface area (Å²) in [4.78, 5) is 3.24. The Morgan fingerprint density at radius 3 is 2.38 bits per heavy atom. The lowest BCUT2D eigenvalue weighted by molar-refractivity contribution is -0.668. The van der Waals surface area contributed by atoms with Gasteiger partial charge in [-0.3, -0.25) is 9.11 Å². The van der Waals surface area contributed by atoms with Crippen molar-refractivity contribution in [1.82, 2.24) is 0 Å². The zero-order valence-electron chi connectivity index (χ0n) is 23.6. The van der Waals surface area contributed by atoms with E-state index in [2.05, 4.69) is 53.7 Å². The van der Waals surface area contributed by atoms with Crippen molar-refractivity contribution in [1.29, 1.82) is 0 Å². The molecule has 0 radical (unpaired) electrons. The molecule has 42 heavy (non-hydrogen) atoms. The van der Waals surface area contributed by atoms with Crippen LogP contribution < -0.4 is 9.47 Å². The lowest BCUT2D eigenvalue weighted by Crippen LogP contribution is -2.36. The maximum Gasteiger partial charge on any atom is 0.265 e. The molecule has 8 nitrogen and oxygen atoms in total. The van der Waals surface area contributed by atoms with E-state index in [4.69, 9.17) is 0 Å². The first-order valence-corrected chi connectivity index (χ1v) is 18.6. The van der Waals surface area contributed by atoms with Crippen LogP contribution in [0.4, 0.5) is 5.69 Å². The van der Waals surface area contributed by atoms with Crippen molar-refractivity contribution < 1.29 is 30.5 Å². The number of rotatable bonds is 10. The Hall–Kier alpha value is -2.48. The maximum absolute atomic E-state index is 11.4. The Balaban J connectivity index is 1.48. The Morgan fingerprint density at radius 2 is 1.62 bits per heavy atom. The summed E-state index contributed by atoms with van der Waals surface area (Å²) in [6, 6.07) is 16.1. The van der Waals surface area contributed by atoms with E-state index in [1.807, 2.05) is 36.4 Å². The molecule has 12 heteroatoms. The molecule has 1 aliphatic heterocycles. The molecule has 0 saturated heterocycles. The molecule has 1 aromatic heterocycles. The number of aromatic nitrogens is 1. The van der Waals surface area contributed by atoms with Crippen molar-refractivity contribution in [2.75, 3.05) is 23.0 Å². The van der Waals surface area contributed by atoms with Crippen molar-refractivity contribution in [3.05, 3.63) is 81.9 Å². The highest BCUT2D eigenvalue weighted by Gasteiger charge is 2.30. The molecular weight excluding hydrogens is 613 g/mol. The van der Waals surface area contributed by atoms with E-state index in [1.165, 1.54) is 11.1 Å².